The molecule has 3 amide bonds. The van der Waals surface area contributed by atoms with Gasteiger partial charge in [0.25, 0.3) is 0 Å². The number of halogens is 1. The lowest BCUT2D eigenvalue weighted by Gasteiger charge is -2.32. The van der Waals surface area contributed by atoms with Crippen LogP contribution in [0.3, 0.4) is 0 Å². The summed E-state index contributed by atoms with van der Waals surface area (Å²) in [5, 5.41) is 2.97. The number of carbonyl (C=O) groups is 2. The minimum atomic E-state index is -0.329. The van der Waals surface area contributed by atoms with Crippen LogP contribution < -0.4 is 10.2 Å². The molecular formula is C18H24FN3O2. The maximum Gasteiger partial charge on any atom is 0.317 e. The van der Waals surface area contributed by atoms with E-state index in [0.29, 0.717) is 18.3 Å². The van der Waals surface area contributed by atoms with Gasteiger partial charge in [-0.3, -0.25) is 4.79 Å². The molecule has 2 aliphatic rings. The van der Waals surface area contributed by atoms with Gasteiger partial charge in [-0.1, -0.05) is 19.3 Å². The van der Waals surface area contributed by atoms with Gasteiger partial charge in [0.1, 0.15) is 5.82 Å². The minimum Gasteiger partial charge on any atom is -0.333 e. The molecule has 1 aliphatic carbocycles. The van der Waals surface area contributed by atoms with Crippen LogP contribution in [-0.4, -0.2) is 42.5 Å². The van der Waals surface area contributed by atoms with Crippen LogP contribution in [-0.2, 0) is 4.79 Å². The van der Waals surface area contributed by atoms with Crippen molar-refractivity contribution in [1.29, 1.82) is 0 Å². The normalized spacial score (nSPS) is 21.8. The second-order valence-electron chi connectivity index (χ2n) is 6.73. The van der Waals surface area contributed by atoms with Crippen LogP contribution in [0, 0.1) is 5.82 Å². The molecule has 0 unspecified atom stereocenters. The zero-order valence-corrected chi connectivity index (χ0v) is 14.0. The van der Waals surface area contributed by atoms with Crippen molar-refractivity contribution in [3.8, 4) is 0 Å². The zero-order chi connectivity index (χ0) is 17.1. The van der Waals surface area contributed by atoms with E-state index in [9.17, 15) is 14.0 Å². The van der Waals surface area contributed by atoms with Crippen molar-refractivity contribution in [2.45, 2.75) is 50.6 Å². The molecule has 0 spiro atoms. The molecule has 5 nitrogen and oxygen atoms in total. The number of amides is 3. The summed E-state index contributed by atoms with van der Waals surface area (Å²) in [5.74, 6) is -0.378. The van der Waals surface area contributed by atoms with Gasteiger partial charge >= 0.3 is 6.03 Å². The zero-order valence-electron chi connectivity index (χ0n) is 14.0. The topological polar surface area (TPSA) is 52.7 Å². The van der Waals surface area contributed by atoms with Crippen LogP contribution in [0.2, 0.25) is 0 Å². The van der Waals surface area contributed by atoms with E-state index < -0.39 is 0 Å². The largest absolute Gasteiger partial charge is 0.333 e. The standard InChI is InChI=1S/C18H24FN3O2/c1-21(15-5-3-2-4-6-15)18(24)20-14-11-17(23)22(12-14)16-9-7-13(19)8-10-16/h7-10,14-15H,2-6,11-12H2,1H3,(H,20,24)/t14-/m1/s1. The summed E-state index contributed by atoms with van der Waals surface area (Å²) < 4.78 is 13.0. The van der Waals surface area contributed by atoms with Crippen molar-refractivity contribution in [3.05, 3.63) is 30.1 Å². The van der Waals surface area contributed by atoms with E-state index in [-0.39, 0.29) is 30.2 Å². The maximum absolute atomic E-state index is 13.0. The van der Waals surface area contributed by atoms with E-state index in [1.807, 2.05) is 7.05 Å². The van der Waals surface area contributed by atoms with E-state index >= 15 is 0 Å². The molecule has 1 aromatic carbocycles. The first-order valence-corrected chi connectivity index (χ1v) is 8.64. The van der Waals surface area contributed by atoms with Crippen LogP contribution in [0.5, 0.6) is 0 Å². The van der Waals surface area contributed by atoms with E-state index in [1.54, 1.807) is 21.9 Å². The number of nitrogens with zero attached hydrogens (tertiary/aromatic N) is 2. The van der Waals surface area contributed by atoms with Crippen LogP contribution >= 0.6 is 0 Å². The fourth-order valence-electron chi connectivity index (χ4n) is 3.59. The Morgan fingerprint density at radius 2 is 1.88 bits per heavy atom. The van der Waals surface area contributed by atoms with Crippen molar-refractivity contribution >= 4 is 17.6 Å². The van der Waals surface area contributed by atoms with Crippen LogP contribution in [0.4, 0.5) is 14.9 Å². The molecule has 1 atom stereocenters. The van der Waals surface area contributed by atoms with E-state index in [2.05, 4.69) is 5.32 Å². The summed E-state index contributed by atoms with van der Waals surface area (Å²) in [6.07, 6.45) is 5.97. The fraction of sp³-hybridized carbons (Fsp3) is 0.556. The van der Waals surface area contributed by atoms with Gasteiger partial charge in [0.15, 0.2) is 0 Å². The van der Waals surface area contributed by atoms with E-state index in [0.717, 1.165) is 12.8 Å². The van der Waals surface area contributed by atoms with Crippen LogP contribution in [0.1, 0.15) is 38.5 Å². The molecule has 0 radical (unpaired) electrons. The Hall–Kier alpha value is -2.11. The second-order valence-corrected chi connectivity index (χ2v) is 6.73. The predicted octanol–water partition coefficient (Wildman–Crippen LogP) is 2.91. The SMILES string of the molecule is CN(C(=O)N[C@@H]1CC(=O)N(c2ccc(F)cc2)C1)C1CCCCC1. The third-order valence-electron chi connectivity index (χ3n) is 5.03. The average Bonchev–Trinajstić information content (AvgIpc) is 2.96. The molecular weight excluding hydrogens is 309 g/mol. The third-order valence-corrected chi connectivity index (χ3v) is 5.03. The molecule has 1 aromatic rings. The number of hydrogen-bond donors (Lipinski definition) is 1. The minimum absolute atomic E-state index is 0.0489. The molecule has 130 valence electrons. The lowest BCUT2D eigenvalue weighted by molar-refractivity contribution is -0.117. The number of carbonyl (C=O) groups excluding carboxylic acids is 2. The first kappa shape index (κ1) is 16.7. The lowest BCUT2D eigenvalue weighted by atomic mass is 9.95. The van der Waals surface area contributed by atoms with E-state index in [1.165, 1.54) is 31.4 Å². The van der Waals surface area contributed by atoms with Gasteiger partial charge in [0, 0.05) is 31.7 Å². The van der Waals surface area contributed by atoms with Crippen molar-refractivity contribution in [1.82, 2.24) is 10.2 Å². The summed E-state index contributed by atoms with van der Waals surface area (Å²) in [7, 11) is 1.83. The Morgan fingerprint density at radius 1 is 1.21 bits per heavy atom. The molecule has 3 rings (SSSR count). The highest BCUT2D eigenvalue weighted by molar-refractivity contribution is 5.96. The third kappa shape index (κ3) is 3.68. The summed E-state index contributed by atoms with van der Waals surface area (Å²) >= 11 is 0. The molecule has 0 aromatic heterocycles. The summed E-state index contributed by atoms with van der Waals surface area (Å²) in [4.78, 5) is 28.0. The van der Waals surface area contributed by atoms with Gasteiger partial charge in [-0.15, -0.1) is 0 Å². The van der Waals surface area contributed by atoms with Gasteiger partial charge in [0.05, 0.1) is 6.04 Å². The van der Waals surface area contributed by atoms with Gasteiger partial charge in [0.2, 0.25) is 5.91 Å². The lowest BCUT2D eigenvalue weighted by Crippen LogP contribution is -2.48. The van der Waals surface area contributed by atoms with Crippen molar-refractivity contribution in [2.75, 3.05) is 18.5 Å². The quantitative estimate of drug-likeness (QED) is 0.925. The first-order valence-electron chi connectivity index (χ1n) is 8.64. The Bertz CT molecular complexity index is 599. The molecule has 0 bridgehead atoms. The number of anilines is 1. The van der Waals surface area contributed by atoms with Gasteiger partial charge in [-0.05, 0) is 37.1 Å². The maximum atomic E-state index is 13.0. The molecule has 2 fully saturated rings. The van der Waals surface area contributed by atoms with Crippen LogP contribution in [0.15, 0.2) is 24.3 Å². The molecule has 24 heavy (non-hydrogen) atoms. The monoisotopic (exact) mass is 333 g/mol. The van der Waals surface area contributed by atoms with Gasteiger partial charge in [-0.2, -0.15) is 0 Å². The first-order chi connectivity index (χ1) is 11.5. The fourth-order valence-corrected chi connectivity index (χ4v) is 3.59. The van der Waals surface area contributed by atoms with Gasteiger partial charge in [-0.25, -0.2) is 9.18 Å². The molecule has 1 aliphatic heterocycles. The van der Waals surface area contributed by atoms with Crippen molar-refractivity contribution < 1.29 is 14.0 Å². The second kappa shape index (κ2) is 7.20. The highest BCUT2D eigenvalue weighted by Gasteiger charge is 2.33. The van der Waals surface area contributed by atoms with Crippen molar-refractivity contribution in [2.24, 2.45) is 0 Å². The molecule has 6 heteroatoms. The molecule has 1 heterocycles. The predicted molar refractivity (Wildman–Crippen MR) is 90.3 cm³/mol. The van der Waals surface area contributed by atoms with Gasteiger partial charge < -0.3 is 15.1 Å². The molecule has 1 saturated heterocycles. The number of benzene rings is 1. The summed E-state index contributed by atoms with van der Waals surface area (Å²) in [6, 6.07) is 5.83. The summed E-state index contributed by atoms with van der Waals surface area (Å²) in [6.45, 7) is 0.425. The number of nitrogens with one attached hydrogen (secondary N) is 1. The number of hydrogen-bond acceptors (Lipinski definition) is 2. The molecule has 1 N–H and O–H groups in total. The van der Waals surface area contributed by atoms with E-state index in [4.69, 9.17) is 0 Å². The highest BCUT2D eigenvalue weighted by atomic mass is 19.1. The Kier molecular flexibility index (Phi) is 5.02. The Labute approximate surface area is 141 Å². The Morgan fingerprint density at radius 3 is 2.54 bits per heavy atom. The summed E-state index contributed by atoms with van der Waals surface area (Å²) in [5.41, 5.74) is 0.666. The number of rotatable bonds is 3. The Balaban J connectivity index is 1.57. The highest BCUT2D eigenvalue weighted by Crippen LogP contribution is 2.24. The smallest absolute Gasteiger partial charge is 0.317 e. The van der Waals surface area contributed by atoms with Crippen molar-refractivity contribution in [3.63, 3.8) is 0 Å². The number of urea groups is 1. The molecule has 1 saturated carbocycles. The van der Waals surface area contributed by atoms with Crippen LogP contribution in [0.25, 0.3) is 0 Å². The average molecular weight is 333 g/mol.